The van der Waals surface area contributed by atoms with Crippen molar-refractivity contribution >= 4 is 17.9 Å². The molecule has 0 saturated carbocycles. The lowest BCUT2D eigenvalue weighted by atomic mass is 9.84. The number of aryl methyl sites for hydroxylation is 2. The van der Waals surface area contributed by atoms with Crippen LogP contribution in [0.15, 0.2) is 60.8 Å². The largest absolute Gasteiger partial charge is 0.454 e. The molecule has 0 unspecified atom stereocenters. The molecule has 1 saturated heterocycles. The number of hydrogen-bond acceptors (Lipinski definition) is 5. The molecule has 3 heterocycles. The van der Waals surface area contributed by atoms with Gasteiger partial charge in [0.2, 0.25) is 12.7 Å². The summed E-state index contributed by atoms with van der Waals surface area (Å²) in [5.41, 5.74) is 4.44. The number of fused-ring (bicyclic) bond motifs is 1. The summed E-state index contributed by atoms with van der Waals surface area (Å²) in [6, 6.07) is 18.5. The number of carbonyl (C=O) groups excluding carboxylic acids is 2. The van der Waals surface area contributed by atoms with Gasteiger partial charge in [-0.2, -0.15) is 0 Å². The van der Waals surface area contributed by atoms with Crippen LogP contribution in [0.1, 0.15) is 48.9 Å². The number of carbonyl (C=O) groups is 2. The lowest BCUT2D eigenvalue weighted by Gasteiger charge is -2.30. The maximum absolute atomic E-state index is 14.2. The maximum Gasteiger partial charge on any atom is 0.241 e. The van der Waals surface area contributed by atoms with E-state index < -0.39 is 0 Å². The fourth-order valence-electron chi connectivity index (χ4n) is 6.63. The molecule has 230 valence electrons. The predicted octanol–water partition coefficient (Wildman–Crippen LogP) is 5.01. The third-order valence-corrected chi connectivity index (χ3v) is 8.79. The van der Waals surface area contributed by atoms with Crippen LogP contribution in [0.3, 0.4) is 0 Å². The van der Waals surface area contributed by atoms with Crippen molar-refractivity contribution in [2.75, 3.05) is 52.5 Å². The molecular formula is C35H47N4O4+. The molecule has 2 aliphatic heterocycles. The molecule has 0 N–H and O–H groups in total. The summed E-state index contributed by atoms with van der Waals surface area (Å²) in [6.07, 6.45) is 6.73. The molecule has 1 amide bonds. The van der Waals surface area contributed by atoms with Gasteiger partial charge in [0.25, 0.3) is 0 Å². The van der Waals surface area contributed by atoms with E-state index in [-0.39, 0.29) is 37.1 Å². The number of quaternary nitrogens is 1. The summed E-state index contributed by atoms with van der Waals surface area (Å²) in [5, 5.41) is 0. The standard InChI is InChI=1S/C35H47N4O4/c1-6-7-18-38(29-11-8-10-26(19-29)23-39(3,4)5)35(41)22-37-21-30(27-13-16-33-34(20-27)43-25-42-33)31(24-40)32(37)15-14-28-12-9-17-36(28)2/h8-13,16-17,19-20,24,30-32H,6-7,14-15,18,21-23,25H2,1-5H3/q+1/t30-,31-,32+/m1/s1. The van der Waals surface area contributed by atoms with Gasteiger partial charge in [-0.15, -0.1) is 0 Å². The van der Waals surface area contributed by atoms with Crippen molar-refractivity contribution in [1.29, 1.82) is 0 Å². The van der Waals surface area contributed by atoms with Gasteiger partial charge in [-0.05, 0) is 61.2 Å². The number of likely N-dealkylation sites (tertiary alicyclic amines) is 1. The van der Waals surface area contributed by atoms with Gasteiger partial charge in [-0.1, -0.05) is 31.5 Å². The maximum atomic E-state index is 14.2. The number of anilines is 1. The Morgan fingerprint density at radius 2 is 1.88 bits per heavy atom. The first-order valence-electron chi connectivity index (χ1n) is 15.6. The lowest BCUT2D eigenvalue weighted by Crippen LogP contribution is -2.44. The Kier molecular flexibility index (Phi) is 9.57. The first-order valence-corrected chi connectivity index (χ1v) is 15.6. The van der Waals surface area contributed by atoms with Crippen molar-refractivity contribution in [2.45, 2.75) is 51.1 Å². The van der Waals surface area contributed by atoms with Crippen LogP contribution >= 0.6 is 0 Å². The van der Waals surface area contributed by atoms with E-state index >= 15 is 0 Å². The second kappa shape index (κ2) is 13.3. The van der Waals surface area contributed by atoms with Crippen LogP contribution in [0, 0.1) is 5.92 Å². The van der Waals surface area contributed by atoms with Crippen LogP contribution in [0.4, 0.5) is 5.69 Å². The Morgan fingerprint density at radius 3 is 2.60 bits per heavy atom. The number of hydrogen-bond donors (Lipinski definition) is 0. The van der Waals surface area contributed by atoms with Crippen LogP contribution in [0.25, 0.3) is 0 Å². The molecule has 2 aliphatic rings. The smallest absolute Gasteiger partial charge is 0.241 e. The zero-order valence-corrected chi connectivity index (χ0v) is 26.4. The van der Waals surface area contributed by atoms with Crippen molar-refractivity contribution in [3.05, 3.63) is 77.6 Å². The molecule has 3 atom stereocenters. The molecule has 0 bridgehead atoms. The van der Waals surface area contributed by atoms with Crippen LogP contribution in [0.2, 0.25) is 0 Å². The molecule has 0 aliphatic carbocycles. The third-order valence-electron chi connectivity index (χ3n) is 8.79. The van der Waals surface area contributed by atoms with Crippen molar-refractivity contribution < 1.29 is 23.5 Å². The summed E-state index contributed by atoms with van der Waals surface area (Å²) in [4.78, 5) is 31.2. The fourth-order valence-corrected chi connectivity index (χ4v) is 6.63. The van der Waals surface area contributed by atoms with Gasteiger partial charge in [0.1, 0.15) is 12.8 Å². The highest BCUT2D eigenvalue weighted by atomic mass is 16.7. The van der Waals surface area contributed by atoms with E-state index in [0.717, 1.165) is 65.7 Å². The van der Waals surface area contributed by atoms with Crippen LogP contribution < -0.4 is 14.4 Å². The van der Waals surface area contributed by atoms with E-state index in [0.29, 0.717) is 13.1 Å². The highest BCUT2D eigenvalue weighted by molar-refractivity contribution is 5.95. The molecule has 5 rings (SSSR count). The molecular weight excluding hydrogens is 540 g/mol. The highest BCUT2D eigenvalue weighted by Gasteiger charge is 2.43. The second-order valence-electron chi connectivity index (χ2n) is 13.1. The van der Waals surface area contributed by atoms with E-state index in [1.165, 1.54) is 11.3 Å². The van der Waals surface area contributed by atoms with Crippen molar-refractivity contribution in [3.8, 4) is 11.5 Å². The van der Waals surface area contributed by atoms with E-state index in [4.69, 9.17) is 9.47 Å². The molecule has 1 fully saturated rings. The van der Waals surface area contributed by atoms with E-state index in [9.17, 15) is 9.59 Å². The molecule has 0 spiro atoms. The summed E-state index contributed by atoms with van der Waals surface area (Å²) in [7, 11) is 8.58. The Labute approximate surface area is 256 Å². The van der Waals surface area contributed by atoms with Gasteiger partial charge in [-0.25, -0.2) is 0 Å². The zero-order chi connectivity index (χ0) is 30.6. The molecule has 43 heavy (non-hydrogen) atoms. The Balaban J connectivity index is 1.41. The van der Waals surface area contributed by atoms with Gasteiger partial charge in [0, 0.05) is 61.2 Å². The first-order chi connectivity index (χ1) is 20.7. The van der Waals surface area contributed by atoms with E-state index in [2.05, 4.69) is 81.1 Å². The molecule has 0 radical (unpaired) electrons. The molecule has 8 heteroatoms. The topological polar surface area (TPSA) is 64.0 Å². The molecule has 1 aromatic heterocycles. The van der Waals surface area contributed by atoms with Gasteiger partial charge >= 0.3 is 0 Å². The summed E-state index contributed by atoms with van der Waals surface area (Å²) in [5.74, 6) is 1.27. The van der Waals surface area contributed by atoms with Gasteiger partial charge < -0.3 is 28.2 Å². The monoisotopic (exact) mass is 587 g/mol. The number of unbranched alkanes of at least 4 members (excludes halogenated alkanes) is 1. The number of aldehydes is 1. The summed E-state index contributed by atoms with van der Waals surface area (Å²) in [6.45, 7) is 4.83. The molecule has 8 nitrogen and oxygen atoms in total. The average molecular weight is 588 g/mol. The van der Waals surface area contributed by atoms with Crippen LogP contribution in [0.5, 0.6) is 11.5 Å². The Morgan fingerprint density at radius 1 is 1.07 bits per heavy atom. The van der Waals surface area contributed by atoms with Gasteiger partial charge in [0.05, 0.1) is 27.7 Å². The number of nitrogens with zero attached hydrogens (tertiary/aromatic N) is 4. The summed E-state index contributed by atoms with van der Waals surface area (Å²) < 4.78 is 14.1. The minimum atomic E-state index is -0.231. The quantitative estimate of drug-likeness (QED) is 0.208. The number of amides is 1. The Hall–Kier alpha value is -3.62. The van der Waals surface area contributed by atoms with E-state index in [1.807, 2.05) is 29.2 Å². The van der Waals surface area contributed by atoms with Crippen molar-refractivity contribution in [2.24, 2.45) is 13.0 Å². The number of ether oxygens (including phenoxy) is 2. The van der Waals surface area contributed by atoms with Crippen LogP contribution in [-0.2, 0) is 29.6 Å². The fraction of sp³-hybridized carbons (Fsp3) is 0.486. The zero-order valence-electron chi connectivity index (χ0n) is 26.4. The predicted molar refractivity (Wildman–Crippen MR) is 169 cm³/mol. The van der Waals surface area contributed by atoms with Crippen molar-refractivity contribution in [3.63, 3.8) is 0 Å². The van der Waals surface area contributed by atoms with Gasteiger partial charge in [-0.3, -0.25) is 9.69 Å². The third kappa shape index (κ3) is 7.31. The SMILES string of the molecule is CCCCN(C(=O)CN1C[C@H](c2ccc3c(c2)OCO3)[C@@H](C=O)[C@@H]1CCc1cccn1C)c1cccc(C[N+](C)(C)C)c1. The Bertz CT molecular complexity index is 1410. The highest BCUT2D eigenvalue weighted by Crippen LogP contribution is 2.42. The molecule has 3 aromatic rings. The first kappa shape index (κ1) is 30.8. The van der Waals surface area contributed by atoms with Crippen LogP contribution in [-0.4, -0.2) is 79.8 Å². The lowest BCUT2D eigenvalue weighted by molar-refractivity contribution is -0.884. The number of rotatable bonds is 13. The average Bonchev–Trinajstić information content (AvgIpc) is 3.69. The van der Waals surface area contributed by atoms with Gasteiger partial charge in [0.15, 0.2) is 11.5 Å². The van der Waals surface area contributed by atoms with E-state index in [1.54, 1.807) is 0 Å². The number of benzene rings is 2. The molecule has 2 aromatic carbocycles. The number of aromatic nitrogens is 1. The minimum absolute atomic E-state index is 0.0322. The van der Waals surface area contributed by atoms with Crippen molar-refractivity contribution in [1.82, 2.24) is 9.47 Å². The summed E-state index contributed by atoms with van der Waals surface area (Å²) >= 11 is 0. The normalized spacial score (nSPS) is 20.0. The second-order valence-corrected chi connectivity index (χ2v) is 13.1. The minimum Gasteiger partial charge on any atom is -0.454 e.